The molecule has 0 amide bonds. The lowest BCUT2D eigenvalue weighted by molar-refractivity contribution is 0.660. The zero-order valence-corrected chi connectivity index (χ0v) is 25.5. The Morgan fingerprint density at radius 2 is 1.13 bits per heavy atom. The minimum absolute atomic E-state index is 0.113. The van der Waals surface area contributed by atoms with Gasteiger partial charge in [-0.05, 0) is 58.7 Å². The van der Waals surface area contributed by atoms with Gasteiger partial charge in [-0.1, -0.05) is 105 Å². The lowest BCUT2D eigenvalue weighted by Crippen LogP contribution is -2.14. The van der Waals surface area contributed by atoms with Gasteiger partial charge in [0.15, 0.2) is 17.5 Å². The van der Waals surface area contributed by atoms with Crippen molar-refractivity contribution in [1.82, 2.24) is 24.5 Å². The molecule has 3 heterocycles. The highest BCUT2D eigenvalue weighted by molar-refractivity contribution is 6.08. The fraction of sp³-hybridized carbons (Fsp3) is 0.0732. The number of rotatable bonds is 4. The molecule has 0 saturated heterocycles. The largest absolute Gasteiger partial charge is 0.308 e. The number of aromatic nitrogens is 5. The van der Waals surface area contributed by atoms with Crippen molar-refractivity contribution in [1.29, 1.82) is 0 Å². The van der Waals surface area contributed by atoms with Gasteiger partial charge in [0, 0.05) is 44.8 Å². The van der Waals surface area contributed by atoms with E-state index in [0.717, 1.165) is 33.4 Å². The second-order valence-electron chi connectivity index (χ2n) is 12.4. The molecule has 5 aromatic carbocycles. The van der Waals surface area contributed by atoms with Crippen LogP contribution in [-0.2, 0) is 5.41 Å². The first-order chi connectivity index (χ1) is 22.6. The van der Waals surface area contributed by atoms with Crippen molar-refractivity contribution in [3.05, 3.63) is 151 Å². The average molecular weight is 592 g/mol. The molecular weight excluding hydrogens is 562 g/mol. The molecule has 5 heteroatoms. The van der Waals surface area contributed by atoms with Crippen LogP contribution in [0.2, 0.25) is 0 Å². The van der Waals surface area contributed by atoms with Crippen LogP contribution in [0.5, 0.6) is 0 Å². The number of hydrogen-bond donors (Lipinski definition) is 0. The van der Waals surface area contributed by atoms with Gasteiger partial charge < -0.3 is 4.57 Å². The molecule has 0 radical (unpaired) electrons. The highest BCUT2D eigenvalue weighted by atomic mass is 15.0. The average Bonchev–Trinajstić information content (AvgIpc) is 3.57. The maximum atomic E-state index is 5.15. The molecule has 1 aliphatic carbocycles. The summed E-state index contributed by atoms with van der Waals surface area (Å²) in [5.41, 5.74) is 11.1. The van der Waals surface area contributed by atoms with Crippen LogP contribution in [0, 0.1) is 0 Å². The molecule has 3 aromatic heterocycles. The fourth-order valence-electron chi connectivity index (χ4n) is 7.14. The number of fused-ring (bicyclic) bond motifs is 6. The summed E-state index contributed by atoms with van der Waals surface area (Å²) in [5.74, 6) is 1.97. The van der Waals surface area contributed by atoms with Crippen LogP contribution in [0.4, 0.5) is 0 Å². The normalized spacial score (nSPS) is 13.2. The Hall–Kier alpha value is -5.94. The van der Waals surface area contributed by atoms with Crippen LogP contribution in [0.3, 0.4) is 0 Å². The molecule has 0 aliphatic heterocycles. The van der Waals surface area contributed by atoms with E-state index in [1.54, 1.807) is 0 Å². The number of hydrogen-bond acceptors (Lipinski definition) is 4. The Bertz CT molecular complexity index is 2390. The van der Waals surface area contributed by atoms with Crippen LogP contribution < -0.4 is 0 Å². The third kappa shape index (κ3) is 3.95. The Labute approximate surface area is 266 Å². The van der Waals surface area contributed by atoms with Crippen molar-refractivity contribution >= 4 is 21.8 Å². The summed E-state index contributed by atoms with van der Waals surface area (Å²) in [4.78, 5) is 19.7. The smallest absolute Gasteiger partial charge is 0.164 e. The van der Waals surface area contributed by atoms with Crippen molar-refractivity contribution < 1.29 is 0 Å². The molecule has 0 saturated carbocycles. The maximum absolute atomic E-state index is 5.15. The van der Waals surface area contributed by atoms with E-state index in [9.17, 15) is 0 Å². The highest BCUT2D eigenvalue weighted by Crippen LogP contribution is 2.51. The topological polar surface area (TPSA) is 56.5 Å². The van der Waals surface area contributed by atoms with E-state index < -0.39 is 0 Å². The lowest BCUT2D eigenvalue weighted by atomic mass is 9.82. The van der Waals surface area contributed by atoms with Gasteiger partial charge in [0.1, 0.15) is 0 Å². The van der Waals surface area contributed by atoms with Crippen LogP contribution in [0.25, 0.3) is 72.8 Å². The van der Waals surface area contributed by atoms with E-state index in [1.165, 1.54) is 33.0 Å². The monoisotopic (exact) mass is 591 g/mol. The van der Waals surface area contributed by atoms with Gasteiger partial charge in [0.2, 0.25) is 0 Å². The molecule has 0 atom stereocenters. The van der Waals surface area contributed by atoms with Gasteiger partial charge in [-0.2, -0.15) is 0 Å². The number of benzene rings is 5. The van der Waals surface area contributed by atoms with E-state index in [-0.39, 0.29) is 5.41 Å². The molecule has 46 heavy (non-hydrogen) atoms. The Morgan fingerprint density at radius 3 is 1.96 bits per heavy atom. The van der Waals surface area contributed by atoms with E-state index in [4.69, 9.17) is 15.0 Å². The maximum Gasteiger partial charge on any atom is 0.164 e. The zero-order valence-electron chi connectivity index (χ0n) is 25.5. The molecule has 0 fully saturated rings. The molecular formula is C41H29N5. The zero-order chi connectivity index (χ0) is 30.8. The van der Waals surface area contributed by atoms with Gasteiger partial charge in [-0.3, -0.25) is 4.98 Å². The first-order valence-electron chi connectivity index (χ1n) is 15.6. The van der Waals surface area contributed by atoms with Crippen molar-refractivity contribution in [3.63, 3.8) is 0 Å². The van der Waals surface area contributed by atoms with Crippen LogP contribution >= 0.6 is 0 Å². The first-order valence-corrected chi connectivity index (χ1v) is 15.6. The summed E-state index contributed by atoms with van der Waals surface area (Å²) in [6.07, 6.45) is 3.79. The Morgan fingerprint density at radius 1 is 0.500 bits per heavy atom. The van der Waals surface area contributed by atoms with Crippen LogP contribution in [-0.4, -0.2) is 24.5 Å². The van der Waals surface area contributed by atoms with Gasteiger partial charge in [-0.15, -0.1) is 0 Å². The summed E-state index contributed by atoms with van der Waals surface area (Å²) < 4.78 is 2.27. The van der Waals surface area contributed by atoms with Gasteiger partial charge >= 0.3 is 0 Å². The minimum atomic E-state index is -0.113. The van der Waals surface area contributed by atoms with E-state index in [1.807, 2.05) is 30.6 Å². The quantitative estimate of drug-likeness (QED) is 0.204. The fourth-order valence-corrected chi connectivity index (χ4v) is 7.14. The number of nitrogens with zero attached hydrogens (tertiary/aromatic N) is 5. The SMILES string of the molecule is CC1(C)c2ccccc2-c2c(-c3nc(-c4ccccc4)nc(-c4ccc(-n5c6ccccc6c6ccncc65)cc4)n3)cccc21. The van der Waals surface area contributed by atoms with Crippen molar-refractivity contribution in [2.45, 2.75) is 19.3 Å². The summed E-state index contributed by atoms with van der Waals surface area (Å²) in [7, 11) is 0. The van der Waals surface area contributed by atoms with Gasteiger partial charge in [-0.25, -0.2) is 15.0 Å². The molecule has 5 nitrogen and oxygen atoms in total. The predicted molar refractivity (Wildman–Crippen MR) is 186 cm³/mol. The number of para-hydroxylation sites is 1. The third-order valence-electron chi connectivity index (χ3n) is 9.38. The number of pyridine rings is 1. The second-order valence-corrected chi connectivity index (χ2v) is 12.4. The highest BCUT2D eigenvalue weighted by Gasteiger charge is 2.37. The molecule has 218 valence electrons. The summed E-state index contributed by atoms with van der Waals surface area (Å²) in [5, 5.41) is 2.39. The van der Waals surface area contributed by atoms with Crippen molar-refractivity contribution in [2.24, 2.45) is 0 Å². The predicted octanol–water partition coefficient (Wildman–Crippen LogP) is 9.67. The molecule has 0 N–H and O–H groups in total. The third-order valence-corrected chi connectivity index (χ3v) is 9.38. The second kappa shape index (κ2) is 10.0. The van der Waals surface area contributed by atoms with E-state index >= 15 is 0 Å². The van der Waals surface area contributed by atoms with Crippen molar-refractivity contribution in [3.8, 4) is 51.0 Å². The summed E-state index contributed by atoms with van der Waals surface area (Å²) in [6.45, 7) is 4.59. The molecule has 0 unspecified atom stereocenters. The van der Waals surface area contributed by atoms with E-state index in [0.29, 0.717) is 17.5 Å². The molecule has 0 spiro atoms. The van der Waals surface area contributed by atoms with Crippen LogP contribution in [0.15, 0.2) is 140 Å². The standard InChI is InChI=1S/C41H29N5/c1-41(2)33-16-8-6-14-31(33)37-32(15-10-17-34(37)41)40-44-38(26-11-4-3-5-12-26)43-39(45-40)27-19-21-28(22-20-27)46-35-18-9-7-13-29(35)30-23-24-42-25-36(30)46/h3-25H,1-2H3. The first kappa shape index (κ1) is 26.5. The molecule has 0 bridgehead atoms. The summed E-state index contributed by atoms with van der Waals surface area (Å²) >= 11 is 0. The minimum Gasteiger partial charge on any atom is -0.308 e. The van der Waals surface area contributed by atoms with Crippen LogP contribution in [0.1, 0.15) is 25.0 Å². The Kier molecular flexibility index (Phi) is 5.78. The molecule has 8 aromatic rings. The van der Waals surface area contributed by atoms with Crippen molar-refractivity contribution in [2.75, 3.05) is 0 Å². The lowest BCUT2D eigenvalue weighted by Gasteiger charge is -2.21. The summed E-state index contributed by atoms with van der Waals surface area (Å²) in [6, 6.07) is 44.4. The van der Waals surface area contributed by atoms with Gasteiger partial charge in [0.05, 0.1) is 17.2 Å². The van der Waals surface area contributed by atoms with Gasteiger partial charge in [0.25, 0.3) is 0 Å². The van der Waals surface area contributed by atoms with E-state index in [2.05, 4.69) is 133 Å². The Balaban J connectivity index is 1.22. The molecule has 1 aliphatic rings. The molecule has 9 rings (SSSR count).